The number of primary amides is 1. The van der Waals surface area contributed by atoms with E-state index in [2.05, 4.69) is 11.5 Å². The van der Waals surface area contributed by atoms with Gasteiger partial charge in [0.1, 0.15) is 5.75 Å². The smallest absolute Gasteiger partial charge is 0.303 e. The van der Waals surface area contributed by atoms with Gasteiger partial charge in [0.05, 0.1) is 13.0 Å². The standard InChI is InChI=1S/C21H28N2O4/c1-14-17(13-20(22)24)18-12-16(27-11-5-8-21(25)26)9-10-19(18)23(14)15-6-3-2-4-7-15/h9-10,12,15H,2-8,11,13H2,1H3,(H2,22,24)(H,25,26). The summed E-state index contributed by atoms with van der Waals surface area (Å²) in [6.45, 7) is 2.42. The van der Waals surface area contributed by atoms with Crippen LogP contribution in [0.25, 0.3) is 10.9 Å². The molecule has 0 radical (unpaired) electrons. The largest absolute Gasteiger partial charge is 0.494 e. The number of amides is 1. The molecule has 0 saturated heterocycles. The molecule has 6 heteroatoms. The van der Waals surface area contributed by atoms with Crippen LogP contribution < -0.4 is 10.5 Å². The van der Waals surface area contributed by atoms with Gasteiger partial charge in [0.2, 0.25) is 5.91 Å². The summed E-state index contributed by atoms with van der Waals surface area (Å²) in [5.41, 5.74) is 8.70. The van der Waals surface area contributed by atoms with E-state index >= 15 is 0 Å². The average Bonchev–Trinajstić information content (AvgIpc) is 2.90. The van der Waals surface area contributed by atoms with E-state index in [-0.39, 0.29) is 18.7 Å². The Morgan fingerprint density at radius 1 is 1.26 bits per heavy atom. The lowest BCUT2D eigenvalue weighted by molar-refractivity contribution is -0.137. The number of hydrogen-bond acceptors (Lipinski definition) is 3. The second-order valence-electron chi connectivity index (χ2n) is 7.39. The van der Waals surface area contributed by atoms with Crippen molar-refractivity contribution in [3.8, 4) is 5.75 Å². The molecule has 27 heavy (non-hydrogen) atoms. The third-order valence-electron chi connectivity index (χ3n) is 5.45. The molecule has 1 amide bonds. The topological polar surface area (TPSA) is 94.6 Å². The molecule has 1 aromatic carbocycles. The first kappa shape index (κ1) is 19.3. The van der Waals surface area contributed by atoms with Crippen molar-refractivity contribution in [2.45, 2.75) is 64.3 Å². The van der Waals surface area contributed by atoms with Crippen LogP contribution in [0.5, 0.6) is 5.75 Å². The maximum absolute atomic E-state index is 11.6. The van der Waals surface area contributed by atoms with E-state index in [1.165, 1.54) is 19.3 Å². The third-order valence-corrected chi connectivity index (χ3v) is 5.45. The highest BCUT2D eigenvalue weighted by Crippen LogP contribution is 2.37. The number of nitrogens with zero attached hydrogens (tertiary/aromatic N) is 1. The number of carbonyl (C=O) groups is 2. The summed E-state index contributed by atoms with van der Waals surface area (Å²) < 4.78 is 8.11. The van der Waals surface area contributed by atoms with Crippen LogP contribution in [0.2, 0.25) is 0 Å². The van der Waals surface area contributed by atoms with Gasteiger partial charge in [0.15, 0.2) is 0 Å². The Balaban J connectivity index is 1.93. The van der Waals surface area contributed by atoms with Gasteiger partial charge in [-0.2, -0.15) is 0 Å². The Morgan fingerprint density at radius 3 is 2.67 bits per heavy atom. The Labute approximate surface area is 159 Å². The Morgan fingerprint density at radius 2 is 2.00 bits per heavy atom. The molecule has 6 nitrogen and oxygen atoms in total. The van der Waals surface area contributed by atoms with Gasteiger partial charge in [-0.3, -0.25) is 9.59 Å². The number of aliphatic carboxylic acids is 1. The Kier molecular flexibility index (Phi) is 6.04. The number of carbonyl (C=O) groups excluding carboxylic acids is 1. The predicted molar refractivity (Wildman–Crippen MR) is 104 cm³/mol. The number of benzene rings is 1. The molecule has 0 aliphatic heterocycles. The van der Waals surface area contributed by atoms with Crippen LogP contribution in [0.1, 0.15) is 62.2 Å². The molecule has 146 valence electrons. The monoisotopic (exact) mass is 372 g/mol. The summed E-state index contributed by atoms with van der Waals surface area (Å²) in [5.74, 6) is -0.467. The number of fused-ring (bicyclic) bond motifs is 1. The van der Waals surface area contributed by atoms with E-state index in [0.717, 1.165) is 35.0 Å². The zero-order chi connectivity index (χ0) is 19.4. The predicted octanol–water partition coefficient (Wildman–Crippen LogP) is 3.73. The number of hydrogen-bond donors (Lipinski definition) is 2. The highest BCUT2D eigenvalue weighted by atomic mass is 16.5. The fourth-order valence-electron chi connectivity index (χ4n) is 4.20. The summed E-state index contributed by atoms with van der Waals surface area (Å²) in [4.78, 5) is 22.3. The van der Waals surface area contributed by atoms with Crippen molar-refractivity contribution in [1.29, 1.82) is 0 Å². The molecular weight excluding hydrogens is 344 g/mol. The van der Waals surface area contributed by atoms with Gasteiger partial charge in [0, 0.05) is 29.1 Å². The van der Waals surface area contributed by atoms with E-state index in [1.807, 2.05) is 18.2 Å². The molecular formula is C21H28N2O4. The van der Waals surface area contributed by atoms with Crippen molar-refractivity contribution in [3.63, 3.8) is 0 Å². The zero-order valence-corrected chi connectivity index (χ0v) is 15.9. The maximum Gasteiger partial charge on any atom is 0.303 e. The molecule has 2 aromatic rings. The van der Waals surface area contributed by atoms with Crippen LogP contribution in [-0.4, -0.2) is 28.2 Å². The van der Waals surface area contributed by atoms with E-state index in [1.54, 1.807) is 0 Å². The van der Waals surface area contributed by atoms with Gasteiger partial charge in [-0.15, -0.1) is 0 Å². The molecule has 3 N–H and O–H groups in total. The molecule has 0 unspecified atom stereocenters. The van der Waals surface area contributed by atoms with Crippen molar-refractivity contribution in [3.05, 3.63) is 29.5 Å². The fourth-order valence-corrected chi connectivity index (χ4v) is 4.20. The molecule has 1 heterocycles. The molecule has 1 fully saturated rings. The number of carboxylic acids is 1. The molecule has 0 bridgehead atoms. The van der Waals surface area contributed by atoms with Gasteiger partial charge in [-0.05, 0) is 49.9 Å². The second kappa shape index (κ2) is 8.46. The van der Waals surface area contributed by atoms with Crippen molar-refractivity contribution in [1.82, 2.24) is 4.57 Å². The van der Waals surface area contributed by atoms with Gasteiger partial charge in [-0.1, -0.05) is 19.3 Å². The van der Waals surface area contributed by atoms with Crippen molar-refractivity contribution < 1.29 is 19.4 Å². The minimum Gasteiger partial charge on any atom is -0.494 e. The van der Waals surface area contributed by atoms with Gasteiger partial charge in [-0.25, -0.2) is 0 Å². The first-order valence-electron chi connectivity index (χ1n) is 9.73. The quantitative estimate of drug-likeness (QED) is 0.690. The number of rotatable bonds is 8. The second-order valence-corrected chi connectivity index (χ2v) is 7.39. The highest BCUT2D eigenvalue weighted by molar-refractivity contribution is 5.91. The minimum atomic E-state index is -0.821. The van der Waals surface area contributed by atoms with Crippen LogP contribution in [0.3, 0.4) is 0 Å². The number of nitrogens with two attached hydrogens (primary N) is 1. The fraction of sp³-hybridized carbons (Fsp3) is 0.524. The SMILES string of the molecule is Cc1c(CC(N)=O)c2cc(OCCCC(=O)O)ccc2n1C1CCCCC1. The van der Waals surface area contributed by atoms with E-state index < -0.39 is 5.97 Å². The molecule has 0 atom stereocenters. The van der Waals surface area contributed by atoms with E-state index in [9.17, 15) is 9.59 Å². The van der Waals surface area contributed by atoms with Crippen LogP contribution in [0.4, 0.5) is 0 Å². The van der Waals surface area contributed by atoms with Crippen LogP contribution in [0.15, 0.2) is 18.2 Å². The first-order valence-corrected chi connectivity index (χ1v) is 9.73. The summed E-state index contributed by atoms with van der Waals surface area (Å²) in [5, 5.41) is 9.73. The van der Waals surface area contributed by atoms with Gasteiger partial charge < -0.3 is 20.1 Å². The van der Waals surface area contributed by atoms with Crippen molar-refractivity contribution >= 4 is 22.8 Å². The van der Waals surface area contributed by atoms with E-state index in [0.29, 0.717) is 24.8 Å². The molecule has 0 spiro atoms. The molecule has 1 aliphatic carbocycles. The number of aromatic nitrogens is 1. The van der Waals surface area contributed by atoms with Gasteiger partial charge >= 0.3 is 5.97 Å². The van der Waals surface area contributed by atoms with E-state index in [4.69, 9.17) is 15.6 Å². The Bertz CT molecular complexity index is 834. The summed E-state index contributed by atoms with van der Waals surface area (Å²) >= 11 is 0. The van der Waals surface area contributed by atoms with Gasteiger partial charge in [0.25, 0.3) is 0 Å². The Hall–Kier alpha value is -2.50. The summed E-state index contributed by atoms with van der Waals surface area (Å²) in [6.07, 6.45) is 6.85. The molecule has 1 aromatic heterocycles. The third kappa shape index (κ3) is 4.43. The first-order chi connectivity index (χ1) is 13.0. The van der Waals surface area contributed by atoms with Crippen LogP contribution in [0, 0.1) is 6.92 Å². The van der Waals surface area contributed by atoms with Crippen molar-refractivity contribution in [2.24, 2.45) is 5.73 Å². The lowest BCUT2D eigenvalue weighted by Gasteiger charge is -2.26. The maximum atomic E-state index is 11.6. The number of ether oxygens (including phenoxy) is 1. The average molecular weight is 372 g/mol. The normalized spacial score (nSPS) is 15.1. The number of carboxylic acid groups (broad SMARTS) is 1. The lowest BCUT2D eigenvalue weighted by atomic mass is 9.95. The minimum absolute atomic E-state index is 0.0896. The zero-order valence-electron chi connectivity index (χ0n) is 15.9. The lowest BCUT2D eigenvalue weighted by Crippen LogP contribution is -2.16. The van der Waals surface area contributed by atoms with Crippen LogP contribution in [-0.2, 0) is 16.0 Å². The highest BCUT2D eigenvalue weighted by Gasteiger charge is 2.23. The van der Waals surface area contributed by atoms with Crippen molar-refractivity contribution in [2.75, 3.05) is 6.61 Å². The summed E-state index contributed by atoms with van der Waals surface area (Å²) in [7, 11) is 0. The van der Waals surface area contributed by atoms with Crippen LogP contribution >= 0.6 is 0 Å². The molecule has 3 rings (SSSR count). The molecule has 1 saturated carbocycles. The molecule has 1 aliphatic rings. The summed E-state index contributed by atoms with van der Waals surface area (Å²) in [6, 6.07) is 6.40.